The summed E-state index contributed by atoms with van der Waals surface area (Å²) in [6.07, 6.45) is 17.3. The number of hydrogen-bond donors (Lipinski definition) is 0. The van der Waals surface area contributed by atoms with Gasteiger partial charge >= 0.3 is 0 Å². The molecule has 57 heavy (non-hydrogen) atoms. The van der Waals surface area contributed by atoms with Gasteiger partial charge in [-0.1, -0.05) is 36.4 Å². The highest BCUT2D eigenvalue weighted by Gasteiger charge is 2.47. The van der Waals surface area contributed by atoms with Gasteiger partial charge in [0, 0.05) is 47.6 Å². The number of hydrogen-bond acceptors (Lipinski definition) is 6. The number of fused-ring (bicyclic) bond motifs is 9. The molecular weight excluding hydrogens is 701 g/mol. The van der Waals surface area contributed by atoms with Crippen LogP contribution in [0.3, 0.4) is 0 Å². The van der Waals surface area contributed by atoms with Crippen LogP contribution in [0, 0.1) is 26.7 Å². The van der Waals surface area contributed by atoms with Gasteiger partial charge in [-0.3, -0.25) is 14.8 Å². The number of benzene rings is 1. The summed E-state index contributed by atoms with van der Waals surface area (Å²) < 4.78 is 4.49. The fourth-order valence-corrected chi connectivity index (χ4v) is 12.1. The van der Waals surface area contributed by atoms with Crippen molar-refractivity contribution in [1.29, 1.82) is 0 Å². The third-order valence-corrected chi connectivity index (χ3v) is 15.2. The zero-order valence-corrected chi connectivity index (χ0v) is 36.6. The van der Waals surface area contributed by atoms with Crippen LogP contribution in [-0.2, 0) is 14.1 Å². The van der Waals surface area contributed by atoms with Gasteiger partial charge in [-0.15, -0.1) is 0 Å². The Morgan fingerprint density at radius 1 is 0.579 bits per heavy atom. The summed E-state index contributed by atoms with van der Waals surface area (Å²) in [7, 11) is 8.86. The lowest BCUT2D eigenvalue weighted by molar-refractivity contribution is -0.659. The number of rotatable bonds is 3. The van der Waals surface area contributed by atoms with E-state index in [2.05, 4.69) is 187 Å². The smallest absolute Gasteiger partial charge is 0.278 e. The molecule has 0 N–H and O–H groups in total. The van der Waals surface area contributed by atoms with E-state index in [1.165, 1.54) is 97.5 Å². The van der Waals surface area contributed by atoms with Gasteiger partial charge in [-0.05, 0) is 149 Å². The standard InChI is InChI=1S/C19H24N3.C15H24N3.C15H22N2/c1-14-21(3)17-11-12-18(16-9-5-4-8-15(16)17)22(14)19-10-6-7-13-20(19)2;1-12-17(3)13-7-9-14(10-8-13)18(12)15-6-4-5-11-16(15)2;1-9-7-10(2)16-11(3)15(9)17-12(4)13-5-6-14(17)8-13/h4-10,13-14,17-18H,11-12H2,1-3H3;4-6,11-14H,7-10H2,1-3H3;7,12-14H,5-6,8H2,1-4H3/q2*+1;. The zero-order chi connectivity index (χ0) is 40.1. The quantitative estimate of drug-likeness (QED) is 0.195. The number of piperidine rings is 1. The van der Waals surface area contributed by atoms with E-state index in [-0.39, 0.29) is 0 Å². The van der Waals surface area contributed by atoms with Crippen molar-refractivity contribution >= 4 is 17.3 Å². The fourth-order valence-electron chi connectivity index (χ4n) is 12.1. The largest absolute Gasteiger partial charge is 0.364 e. The van der Waals surface area contributed by atoms with Crippen molar-refractivity contribution in [1.82, 2.24) is 14.8 Å². The Morgan fingerprint density at radius 3 is 1.72 bits per heavy atom. The van der Waals surface area contributed by atoms with Crippen molar-refractivity contribution in [3.63, 3.8) is 0 Å². The van der Waals surface area contributed by atoms with E-state index in [0.717, 1.165) is 29.7 Å². The first-order valence-electron chi connectivity index (χ1n) is 22.2. The molecule has 0 radical (unpaired) electrons. The first kappa shape index (κ1) is 39.8. The molecule has 4 aromatic rings. The van der Waals surface area contributed by atoms with Crippen molar-refractivity contribution in [2.75, 3.05) is 28.8 Å². The molecule has 8 nitrogen and oxygen atoms in total. The number of pyridine rings is 3. The summed E-state index contributed by atoms with van der Waals surface area (Å²) in [4.78, 5) is 17.7. The van der Waals surface area contributed by atoms with Gasteiger partial charge in [-0.25, -0.2) is 18.9 Å². The Balaban J connectivity index is 0.000000121. The highest BCUT2D eigenvalue weighted by atomic mass is 15.4. The lowest BCUT2D eigenvalue weighted by atomic mass is 9.84. The van der Waals surface area contributed by atoms with E-state index in [1.807, 2.05) is 0 Å². The second-order valence-corrected chi connectivity index (χ2v) is 18.3. The fraction of sp³-hybridized carbons (Fsp3) is 0.571. The Hall–Kier alpha value is -4.01. The molecule has 8 heteroatoms. The maximum absolute atomic E-state index is 4.66. The highest BCUT2D eigenvalue weighted by Crippen LogP contribution is 2.48. The average Bonchev–Trinajstić information content (AvgIpc) is 3.70. The molecule has 0 amide bonds. The average molecular weight is 771 g/mol. The van der Waals surface area contributed by atoms with Gasteiger partial charge < -0.3 is 4.90 Å². The first-order chi connectivity index (χ1) is 27.4. The molecule has 7 atom stereocenters. The summed E-state index contributed by atoms with van der Waals surface area (Å²) in [6.45, 7) is 13.6. The van der Waals surface area contributed by atoms with E-state index in [4.69, 9.17) is 0 Å². The maximum Gasteiger partial charge on any atom is 0.278 e. The monoisotopic (exact) mass is 771 g/mol. The topological polar surface area (TPSA) is 36.9 Å². The molecule has 6 bridgehead atoms. The molecule has 304 valence electrons. The van der Waals surface area contributed by atoms with Crippen LogP contribution in [0.2, 0.25) is 0 Å². The summed E-state index contributed by atoms with van der Waals surface area (Å²) in [6, 6.07) is 28.2. The highest BCUT2D eigenvalue weighted by molar-refractivity contribution is 5.60. The minimum absolute atomic E-state index is 0.387. The van der Waals surface area contributed by atoms with E-state index in [1.54, 1.807) is 0 Å². The van der Waals surface area contributed by atoms with Crippen molar-refractivity contribution in [3.8, 4) is 0 Å². The Kier molecular flexibility index (Phi) is 11.4. The minimum atomic E-state index is 0.387. The van der Waals surface area contributed by atoms with Crippen molar-refractivity contribution in [2.45, 2.75) is 148 Å². The Labute approximate surface area is 344 Å². The SMILES string of the molecule is CC1N(C)C2CCC(CC2)N1c1cccc[n+]1C.CC1N(C)C2CCC(c3ccccc32)N1c1cccc[n+]1C.Cc1cc(C)c(N2C3CCC(C3)C2C)c(C)n1. The van der Waals surface area contributed by atoms with E-state index < -0.39 is 0 Å². The molecule has 6 fully saturated rings. The van der Waals surface area contributed by atoms with Gasteiger partial charge in [0.2, 0.25) is 0 Å². The number of anilines is 3. The molecule has 1 aromatic carbocycles. The molecule has 4 saturated heterocycles. The van der Waals surface area contributed by atoms with Crippen LogP contribution in [0.5, 0.6) is 0 Å². The zero-order valence-electron chi connectivity index (χ0n) is 36.6. The van der Waals surface area contributed by atoms with E-state index in [0.29, 0.717) is 30.5 Å². The molecular formula is C49H70N8+2. The van der Waals surface area contributed by atoms with Crippen LogP contribution >= 0.6 is 0 Å². The van der Waals surface area contributed by atoms with Gasteiger partial charge in [0.15, 0.2) is 0 Å². The van der Waals surface area contributed by atoms with Crippen LogP contribution in [0.25, 0.3) is 0 Å². The number of aromatic nitrogens is 3. The van der Waals surface area contributed by atoms with Crippen molar-refractivity contribution in [3.05, 3.63) is 107 Å². The van der Waals surface area contributed by atoms with Crippen LogP contribution in [0.1, 0.15) is 119 Å². The summed E-state index contributed by atoms with van der Waals surface area (Å²) in [5.74, 6) is 3.56. The van der Waals surface area contributed by atoms with Gasteiger partial charge in [-0.2, -0.15) is 0 Å². The second-order valence-electron chi connectivity index (χ2n) is 18.3. The van der Waals surface area contributed by atoms with Crippen molar-refractivity contribution in [2.24, 2.45) is 20.0 Å². The molecule has 7 unspecified atom stereocenters. The summed E-state index contributed by atoms with van der Waals surface area (Å²) in [5, 5.41) is 0. The third kappa shape index (κ3) is 7.35. The number of nitrogens with zero attached hydrogens (tertiary/aromatic N) is 8. The third-order valence-electron chi connectivity index (χ3n) is 15.2. The molecule has 3 aromatic heterocycles. The van der Waals surface area contributed by atoms with Crippen LogP contribution in [-0.4, -0.2) is 65.4 Å². The van der Waals surface area contributed by atoms with E-state index in [9.17, 15) is 0 Å². The van der Waals surface area contributed by atoms with Gasteiger partial charge in [0.25, 0.3) is 11.6 Å². The van der Waals surface area contributed by atoms with Crippen LogP contribution in [0.15, 0.2) is 79.1 Å². The lowest BCUT2D eigenvalue weighted by Gasteiger charge is -2.37. The first-order valence-corrected chi connectivity index (χ1v) is 22.2. The van der Waals surface area contributed by atoms with Gasteiger partial charge in [0.1, 0.15) is 18.4 Å². The molecule has 2 saturated carbocycles. The molecule has 5 aliphatic heterocycles. The predicted molar refractivity (Wildman–Crippen MR) is 233 cm³/mol. The molecule has 3 aliphatic carbocycles. The van der Waals surface area contributed by atoms with Crippen LogP contribution in [0.4, 0.5) is 17.3 Å². The Bertz CT molecular complexity index is 2000. The predicted octanol–water partition coefficient (Wildman–Crippen LogP) is 8.49. The molecule has 0 spiro atoms. The van der Waals surface area contributed by atoms with Gasteiger partial charge in [0.05, 0.1) is 43.9 Å². The Morgan fingerprint density at radius 2 is 1.12 bits per heavy atom. The van der Waals surface area contributed by atoms with E-state index >= 15 is 0 Å². The van der Waals surface area contributed by atoms with Crippen LogP contribution < -0.4 is 23.8 Å². The number of aryl methyl sites for hydroxylation is 5. The van der Waals surface area contributed by atoms with Crippen molar-refractivity contribution < 1.29 is 9.13 Å². The normalized spacial score (nSPS) is 30.3. The summed E-state index contributed by atoms with van der Waals surface area (Å²) >= 11 is 0. The second kappa shape index (κ2) is 16.3. The minimum Gasteiger partial charge on any atom is -0.364 e. The lowest BCUT2D eigenvalue weighted by Crippen LogP contribution is -2.51. The molecule has 8 heterocycles. The molecule has 12 rings (SSSR count). The maximum atomic E-state index is 4.66. The molecule has 8 aliphatic rings. The summed E-state index contributed by atoms with van der Waals surface area (Å²) in [5.41, 5.74) is 8.19.